The van der Waals surface area contributed by atoms with Crippen LogP contribution in [0.3, 0.4) is 0 Å². The van der Waals surface area contributed by atoms with E-state index in [1.54, 1.807) is 26.0 Å². The fourth-order valence-electron chi connectivity index (χ4n) is 4.50. The summed E-state index contributed by atoms with van der Waals surface area (Å²) in [4.78, 5) is 29.9. The van der Waals surface area contributed by atoms with E-state index in [4.69, 9.17) is 27.9 Å². The number of phenols is 1. The summed E-state index contributed by atoms with van der Waals surface area (Å²) in [6.07, 6.45) is 1.46. The van der Waals surface area contributed by atoms with E-state index in [2.05, 4.69) is 20.6 Å². The maximum Gasteiger partial charge on any atom is 0.233 e. The second-order valence-corrected chi connectivity index (χ2v) is 10.1. The van der Waals surface area contributed by atoms with Gasteiger partial charge in [0.25, 0.3) is 0 Å². The predicted octanol–water partition coefficient (Wildman–Crippen LogP) is -0.355. The molecule has 2 aromatic rings. The number of piperidine rings is 2. The van der Waals surface area contributed by atoms with Crippen molar-refractivity contribution in [2.75, 3.05) is 46.6 Å². The quantitative estimate of drug-likeness (QED) is 0.254. The molecule has 2 aliphatic rings. The monoisotopic (exact) mass is 499 g/mol. The number of benzene rings is 1. The SMILES string of the molecule is CC(C)C(=O)Nc1ccc(Nc2nc(N3C[C@H](N)C[C@H](N)C3)nc(N3C[C@H](N)C[C@H](N)C3)n2)cc1O. The van der Waals surface area contributed by atoms with Crippen molar-refractivity contribution in [1.82, 2.24) is 15.0 Å². The van der Waals surface area contributed by atoms with Crippen LogP contribution in [-0.2, 0) is 4.79 Å². The molecular weight excluding hydrogens is 462 g/mol. The van der Waals surface area contributed by atoms with Crippen molar-refractivity contribution >= 4 is 35.1 Å². The van der Waals surface area contributed by atoms with Gasteiger partial charge in [-0.2, -0.15) is 15.0 Å². The zero-order valence-corrected chi connectivity index (χ0v) is 20.8. The first kappa shape index (κ1) is 25.8. The second kappa shape index (κ2) is 10.8. The van der Waals surface area contributed by atoms with Gasteiger partial charge in [-0.05, 0) is 25.0 Å². The lowest BCUT2D eigenvalue weighted by Gasteiger charge is -2.37. The number of hydrogen-bond acceptors (Lipinski definition) is 12. The van der Waals surface area contributed by atoms with Crippen LogP contribution in [0.4, 0.5) is 29.2 Å². The summed E-state index contributed by atoms with van der Waals surface area (Å²) in [5, 5.41) is 16.3. The number of rotatable bonds is 6. The van der Waals surface area contributed by atoms with Crippen LogP contribution in [0.15, 0.2) is 18.2 Å². The fraction of sp³-hybridized carbons (Fsp3) is 0.565. The maximum atomic E-state index is 12.0. The average molecular weight is 500 g/mol. The molecule has 1 aromatic heterocycles. The number of aromatic nitrogens is 3. The van der Waals surface area contributed by atoms with Crippen molar-refractivity contribution in [1.29, 1.82) is 0 Å². The number of carbonyl (C=O) groups is 1. The lowest BCUT2D eigenvalue weighted by molar-refractivity contribution is -0.118. The molecule has 4 atom stereocenters. The van der Waals surface area contributed by atoms with Gasteiger partial charge in [-0.1, -0.05) is 13.8 Å². The molecule has 2 aliphatic heterocycles. The minimum atomic E-state index is -0.212. The number of carbonyl (C=O) groups excluding carboxylic acids is 1. The summed E-state index contributed by atoms with van der Waals surface area (Å²) >= 11 is 0. The minimum Gasteiger partial charge on any atom is -0.506 e. The summed E-state index contributed by atoms with van der Waals surface area (Å²) in [7, 11) is 0. The first-order valence-corrected chi connectivity index (χ1v) is 12.3. The zero-order valence-electron chi connectivity index (χ0n) is 20.8. The van der Waals surface area contributed by atoms with Crippen LogP contribution in [0.1, 0.15) is 26.7 Å². The number of nitrogens with two attached hydrogens (primary N) is 4. The standard InChI is InChI=1S/C23H37N11O2/c1-12(2)20(36)29-18-4-3-17(7-19(18)35)28-21-30-22(33-8-13(24)5-14(25)9-33)32-23(31-21)34-10-15(26)6-16(27)11-34/h3-4,7,12-16,35H,5-6,8-11,24-27H2,1-2H3,(H,29,36)(H,28,30,31,32)/t13-,14+,15-,16+. The van der Waals surface area contributed by atoms with Gasteiger partial charge in [-0.3, -0.25) is 4.79 Å². The van der Waals surface area contributed by atoms with E-state index in [1.807, 2.05) is 9.80 Å². The molecule has 0 bridgehead atoms. The van der Waals surface area contributed by atoms with Crippen LogP contribution in [0.5, 0.6) is 5.75 Å². The number of nitrogens with zero attached hydrogens (tertiary/aromatic N) is 5. The highest BCUT2D eigenvalue weighted by atomic mass is 16.3. The normalized spacial score (nSPS) is 24.6. The molecular formula is C23H37N11O2. The Hall–Kier alpha value is -3.26. The predicted molar refractivity (Wildman–Crippen MR) is 140 cm³/mol. The Labute approximate surface area is 210 Å². The number of nitrogens with one attached hydrogen (secondary N) is 2. The van der Waals surface area contributed by atoms with Crippen LogP contribution >= 0.6 is 0 Å². The fourth-order valence-corrected chi connectivity index (χ4v) is 4.50. The van der Waals surface area contributed by atoms with Crippen molar-refractivity contribution in [3.8, 4) is 5.75 Å². The highest BCUT2D eigenvalue weighted by molar-refractivity contribution is 5.93. The van der Waals surface area contributed by atoms with E-state index < -0.39 is 0 Å². The van der Waals surface area contributed by atoms with Crippen LogP contribution < -0.4 is 43.4 Å². The van der Waals surface area contributed by atoms with Gasteiger partial charge in [-0.15, -0.1) is 0 Å². The van der Waals surface area contributed by atoms with Crippen molar-refractivity contribution < 1.29 is 9.90 Å². The van der Waals surface area contributed by atoms with Crippen LogP contribution in [0, 0.1) is 5.92 Å². The summed E-state index contributed by atoms with van der Waals surface area (Å²) in [6.45, 7) is 5.84. The molecule has 36 heavy (non-hydrogen) atoms. The first-order chi connectivity index (χ1) is 17.1. The van der Waals surface area contributed by atoms with Gasteiger partial charge in [0.15, 0.2) is 0 Å². The highest BCUT2D eigenvalue weighted by Gasteiger charge is 2.28. The number of aromatic hydroxyl groups is 1. The Kier molecular flexibility index (Phi) is 7.73. The van der Waals surface area contributed by atoms with E-state index in [1.165, 1.54) is 6.07 Å². The van der Waals surface area contributed by atoms with Gasteiger partial charge < -0.3 is 48.5 Å². The topological polar surface area (TPSA) is 211 Å². The van der Waals surface area contributed by atoms with E-state index in [0.717, 1.165) is 12.8 Å². The molecule has 196 valence electrons. The molecule has 0 aliphatic carbocycles. The Morgan fingerprint density at radius 1 is 0.917 bits per heavy atom. The van der Waals surface area contributed by atoms with Gasteiger partial charge in [0.2, 0.25) is 23.8 Å². The molecule has 0 saturated carbocycles. The van der Waals surface area contributed by atoms with E-state index in [-0.39, 0.29) is 47.7 Å². The van der Waals surface area contributed by atoms with Crippen molar-refractivity contribution in [3.63, 3.8) is 0 Å². The molecule has 2 saturated heterocycles. The minimum absolute atomic E-state index is 0.0792. The smallest absolute Gasteiger partial charge is 0.233 e. The van der Waals surface area contributed by atoms with Gasteiger partial charge in [0.05, 0.1) is 5.69 Å². The molecule has 3 heterocycles. The van der Waals surface area contributed by atoms with Gasteiger partial charge in [-0.25, -0.2) is 0 Å². The number of phenolic OH excluding ortho intramolecular Hbond substituents is 1. The molecule has 1 amide bonds. The Bertz CT molecular complexity index is 1020. The summed E-state index contributed by atoms with van der Waals surface area (Å²) in [5.41, 5.74) is 25.7. The van der Waals surface area contributed by atoms with E-state index >= 15 is 0 Å². The van der Waals surface area contributed by atoms with Gasteiger partial charge >= 0.3 is 0 Å². The molecule has 2 fully saturated rings. The zero-order chi connectivity index (χ0) is 26.0. The molecule has 4 rings (SSSR count). The van der Waals surface area contributed by atoms with Crippen molar-refractivity contribution in [3.05, 3.63) is 18.2 Å². The maximum absolute atomic E-state index is 12.0. The second-order valence-electron chi connectivity index (χ2n) is 10.1. The average Bonchev–Trinajstić information content (AvgIpc) is 2.79. The molecule has 1 aromatic carbocycles. The molecule has 0 radical (unpaired) electrons. The van der Waals surface area contributed by atoms with Crippen molar-refractivity contribution in [2.45, 2.75) is 50.9 Å². The van der Waals surface area contributed by atoms with E-state index in [0.29, 0.717) is 49.5 Å². The van der Waals surface area contributed by atoms with E-state index in [9.17, 15) is 9.90 Å². The number of amides is 1. The van der Waals surface area contributed by atoms with Crippen LogP contribution in [-0.4, -0.2) is 76.3 Å². The molecule has 0 spiro atoms. The van der Waals surface area contributed by atoms with Crippen LogP contribution in [0.2, 0.25) is 0 Å². The molecule has 11 N–H and O–H groups in total. The molecule has 13 nitrogen and oxygen atoms in total. The lowest BCUT2D eigenvalue weighted by atomic mass is 10.0. The molecule has 0 unspecified atom stereocenters. The highest BCUT2D eigenvalue weighted by Crippen LogP contribution is 2.29. The summed E-state index contributed by atoms with van der Waals surface area (Å²) in [6, 6.07) is 4.48. The number of anilines is 5. The Balaban J connectivity index is 1.63. The Morgan fingerprint density at radius 2 is 1.42 bits per heavy atom. The van der Waals surface area contributed by atoms with Gasteiger partial charge in [0, 0.05) is 68.0 Å². The Morgan fingerprint density at radius 3 is 1.86 bits per heavy atom. The summed E-state index contributed by atoms with van der Waals surface area (Å²) < 4.78 is 0. The van der Waals surface area contributed by atoms with Crippen molar-refractivity contribution in [2.24, 2.45) is 28.9 Å². The third kappa shape index (κ3) is 6.29. The van der Waals surface area contributed by atoms with Gasteiger partial charge in [0.1, 0.15) is 5.75 Å². The van der Waals surface area contributed by atoms with Crippen LogP contribution in [0.25, 0.3) is 0 Å². The first-order valence-electron chi connectivity index (χ1n) is 12.3. The number of hydrogen-bond donors (Lipinski definition) is 7. The lowest BCUT2D eigenvalue weighted by Crippen LogP contribution is -2.54. The third-order valence-corrected chi connectivity index (χ3v) is 6.24. The summed E-state index contributed by atoms with van der Waals surface area (Å²) in [5.74, 6) is 0.708. The molecule has 13 heteroatoms. The largest absolute Gasteiger partial charge is 0.506 e. The third-order valence-electron chi connectivity index (χ3n) is 6.24.